The first-order valence-corrected chi connectivity index (χ1v) is 11.5. The van der Waals surface area contributed by atoms with Crippen molar-refractivity contribution in [3.63, 3.8) is 0 Å². The first-order chi connectivity index (χ1) is 17.6. The number of pyridine rings is 3. The van der Waals surface area contributed by atoms with Gasteiger partial charge in [-0.15, -0.1) is 0 Å². The number of anilines is 1. The van der Waals surface area contributed by atoms with E-state index in [9.17, 15) is 4.79 Å². The average molecular weight is 475 g/mol. The second kappa shape index (κ2) is 8.70. The summed E-state index contributed by atoms with van der Waals surface area (Å²) in [4.78, 5) is 27.0. The average Bonchev–Trinajstić information content (AvgIpc) is 3.44. The van der Waals surface area contributed by atoms with Gasteiger partial charge in [-0.05, 0) is 36.8 Å². The van der Waals surface area contributed by atoms with E-state index in [1.807, 2.05) is 68.6 Å². The zero-order valence-corrected chi connectivity index (χ0v) is 19.8. The molecular weight excluding hydrogens is 452 g/mol. The lowest BCUT2D eigenvalue weighted by Gasteiger charge is -2.10. The van der Waals surface area contributed by atoms with Crippen molar-refractivity contribution in [3.05, 3.63) is 96.2 Å². The zero-order valence-electron chi connectivity index (χ0n) is 19.8. The third-order valence-electron chi connectivity index (χ3n) is 6.13. The summed E-state index contributed by atoms with van der Waals surface area (Å²) in [7, 11) is 1.85. The number of aryl methyl sites for hydroxylation is 2. The minimum atomic E-state index is -0.259. The van der Waals surface area contributed by atoms with Gasteiger partial charge in [0.05, 0.1) is 47.0 Å². The van der Waals surface area contributed by atoms with Crippen LogP contribution in [-0.4, -0.2) is 40.4 Å². The molecule has 176 valence electrons. The van der Waals surface area contributed by atoms with Gasteiger partial charge in [-0.1, -0.05) is 30.3 Å². The lowest BCUT2D eigenvalue weighted by molar-refractivity contribution is 0.102. The van der Waals surface area contributed by atoms with Gasteiger partial charge < -0.3 is 5.32 Å². The van der Waals surface area contributed by atoms with E-state index in [2.05, 4.69) is 25.5 Å². The van der Waals surface area contributed by atoms with Crippen LogP contribution in [0.15, 0.2) is 79.4 Å². The number of benzene rings is 1. The van der Waals surface area contributed by atoms with E-state index >= 15 is 0 Å². The topological polar surface area (TPSA) is 103 Å². The summed E-state index contributed by atoms with van der Waals surface area (Å²) < 4.78 is 3.53. The molecular formula is C27H22N8O. The zero-order chi connectivity index (χ0) is 24.6. The molecule has 0 radical (unpaired) electrons. The lowest BCUT2D eigenvalue weighted by atomic mass is 10.1. The molecule has 9 heteroatoms. The van der Waals surface area contributed by atoms with E-state index in [0.29, 0.717) is 34.5 Å². The molecule has 0 fully saturated rings. The van der Waals surface area contributed by atoms with Crippen molar-refractivity contribution in [3.8, 4) is 11.3 Å². The van der Waals surface area contributed by atoms with E-state index in [-0.39, 0.29) is 5.91 Å². The number of carbonyl (C=O) groups is 1. The van der Waals surface area contributed by atoms with E-state index in [0.717, 1.165) is 27.9 Å². The molecule has 1 aromatic carbocycles. The van der Waals surface area contributed by atoms with E-state index in [1.54, 1.807) is 34.2 Å². The highest BCUT2D eigenvalue weighted by molar-refractivity contribution is 6.13. The van der Waals surface area contributed by atoms with E-state index in [4.69, 9.17) is 4.98 Å². The predicted molar refractivity (Wildman–Crippen MR) is 138 cm³/mol. The molecule has 0 saturated heterocycles. The monoisotopic (exact) mass is 474 g/mol. The fourth-order valence-corrected chi connectivity index (χ4v) is 4.34. The summed E-state index contributed by atoms with van der Waals surface area (Å²) in [6.07, 6.45) is 6.83. The first kappa shape index (κ1) is 21.6. The quantitative estimate of drug-likeness (QED) is 0.398. The van der Waals surface area contributed by atoms with Crippen molar-refractivity contribution in [2.24, 2.45) is 7.05 Å². The minimum Gasteiger partial charge on any atom is -0.321 e. The highest BCUT2D eigenvalue weighted by Gasteiger charge is 2.19. The van der Waals surface area contributed by atoms with E-state index in [1.165, 1.54) is 0 Å². The largest absolute Gasteiger partial charge is 0.321 e. The standard InChI is InChI=1S/C27H22N8O/c1-17-21-12-20(14-29-25(21)34(2)33-17)31-27(36)22-13-24(19-6-4-3-5-7-19)32-26-23(22)15-30-35(26)16-18-8-10-28-11-9-18/h3-15H,16H2,1-2H3,(H,31,36). The number of fused-ring (bicyclic) bond motifs is 2. The van der Waals surface area contributed by atoms with Gasteiger partial charge in [0.2, 0.25) is 0 Å². The number of hydrogen-bond acceptors (Lipinski definition) is 6. The predicted octanol–water partition coefficient (Wildman–Crippen LogP) is 4.38. The Morgan fingerprint density at radius 1 is 0.972 bits per heavy atom. The number of aromatic nitrogens is 7. The Morgan fingerprint density at radius 2 is 1.78 bits per heavy atom. The van der Waals surface area contributed by atoms with Crippen molar-refractivity contribution >= 4 is 33.7 Å². The van der Waals surface area contributed by atoms with Crippen LogP contribution in [0.2, 0.25) is 0 Å². The van der Waals surface area contributed by atoms with Crippen LogP contribution in [0.1, 0.15) is 21.6 Å². The minimum absolute atomic E-state index is 0.259. The Bertz CT molecular complexity index is 1720. The molecule has 0 atom stereocenters. The van der Waals surface area contributed by atoms with Gasteiger partial charge in [0.1, 0.15) is 0 Å². The normalized spacial score (nSPS) is 11.3. The molecule has 9 nitrogen and oxygen atoms in total. The Labute approximate surface area is 206 Å². The summed E-state index contributed by atoms with van der Waals surface area (Å²) in [5.74, 6) is -0.259. The SMILES string of the molecule is Cc1nn(C)c2ncc(NC(=O)c3cc(-c4ccccc4)nc4c3cnn4Cc3ccncc3)cc12. The fourth-order valence-electron chi connectivity index (χ4n) is 4.34. The van der Waals surface area contributed by atoms with Gasteiger partial charge in [-0.3, -0.25) is 14.5 Å². The summed E-state index contributed by atoms with van der Waals surface area (Å²) in [5.41, 5.74) is 5.99. The van der Waals surface area contributed by atoms with Crippen LogP contribution in [0, 0.1) is 6.92 Å². The molecule has 0 unspecified atom stereocenters. The first-order valence-electron chi connectivity index (χ1n) is 11.5. The Kier molecular flexibility index (Phi) is 5.22. The van der Waals surface area contributed by atoms with Crippen molar-refractivity contribution in [2.45, 2.75) is 13.5 Å². The Hall–Kier alpha value is -4.92. The molecule has 0 aliphatic heterocycles. The van der Waals surface area contributed by atoms with Crippen molar-refractivity contribution in [1.82, 2.24) is 34.5 Å². The maximum atomic E-state index is 13.6. The number of nitrogens with zero attached hydrogens (tertiary/aromatic N) is 7. The van der Waals surface area contributed by atoms with E-state index < -0.39 is 0 Å². The summed E-state index contributed by atoms with van der Waals surface area (Å²) in [6, 6.07) is 17.4. The third kappa shape index (κ3) is 3.86. The van der Waals surface area contributed by atoms with Gasteiger partial charge in [0.25, 0.3) is 5.91 Å². The molecule has 0 aliphatic rings. The number of carbonyl (C=O) groups excluding carboxylic acids is 1. The molecule has 1 amide bonds. The van der Waals surface area contributed by atoms with Gasteiger partial charge in [0, 0.05) is 30.4 Å². The molecule has 0 aliphatic carbocycles. The van der Waals surface area contributed by atoms with Crippen LogP contribution in [0.25, 0.3) is 33.3 Å². The maximum absolute atomic E-state index is 13.6. The molecule has 6 rings (SSSR count). The molecule has 6 aromatic rings. The Morgan fingerprint density at radius 3 is 2.58 bits per heavy atom. The second-order valence-corrected chi connectivity index (χ2v) is 8.57. The number of amides is 1. The van der Waals surface area contributed by atoms with Gasteiger partial charge in [-0.2, -0.15) is 10.2 Å². The van der Waals surface area contributed by atoms with Crippen molar-refractivity contribution < 1.29 is 4.79 Å². The molecule has 0 bridgehead atoms. The van der Waals surface area contributed by atoms with Gasteiger partial charge in [-0.25, -0.2) is 14.6 Å². The Balaban J connectivity index is 1.43. The smallest absolute Gasteiger partial charge is 0.256 e. The summed E-state index contributed by atoms with van der Waals surface area (Å²) in [5, 5.41) is 13.5. The maximum Gasteiger partial charge on any atom is 0.256 e. The van der Waals surface area contributed by atoms with Crippen LogP contribution in [0.5, 0.6) is 0 Å². The number of hydrogen-bond donors (Lipinski definition) is 1. The molecule has 5 heterocycles. The number of rotatable bonds is 5. The molecule has 0 spiro atoms. The fraction of sp³-hybridized carbons (Fsp3) is 0.111. The van der Waals surface area contributed by atoms with Crippen LogP contribution >= 0.6 is 0 Å². The van der Waals surface area contributed by atoms with Crippen LogP contribution < -0.4 is 5.32 Å². The van der Waals surface area contributed by atoms with Gasteiger partial charge >= 0.3 is 0 Å². The van der Waals surface area contributed by atoms with Crippen LogP contribution in [0.4, 0.5) is 5.69 Å². The summed E-state index contributed by atoms with van der Waals surface area (Å²) >= 11 is 0. The van der Waals surface area contributed by atoms with Crippen LogP contribution in [0.3, 0.4) is 0 Å². The van der Waals surface area contributed by atoms with Crippen molar-refractivity contribution in [2.75, 3.05) is 5.32 Å². The summed E-state index contributed by atoms with van der Waals surface area (Å²) in [6.45, 7) is 2.44. The van der Waals surface area contributed by atoms with Crippen molar-refractivity contribution in [1.29, 1.82) is 0 Å². The highest BCUT2D eigenvalue weighted by Crippen LogP contribution is 2.27. The second-order valence-electron chi connectivity index (χ2n) is 8.57. The molecule has 0 saturated carbocycles. The molecule has 36 heavy (non-hydrogen) atoms. The highest BCUT2D eigenvalue weighted by atomic mass is 16.1. The molecule has 5 aromatic heterocycles. The lowest BCUT2D eigenvalue weighted by Crippen LogP contribution is -2.13. The number of nitrogens with one attached hydrogen (secondary N) is 1. The van der Waals surface area contributed by atoms with Gasteiger partial charge in [0.15, 0.2) is 11.3 Å². The van der Waals surface area contributed by atoms with Crippen LogP contribution in [-0.2, 0) is 13.6 Å². The molecule has 1 N–H and O–H groups in total. The third-order valence-corrected chi connectivity index (χ3v) is 6.13.